The predicted molar refractivity (Wildman–Crippen MR) is 233 cm³/mol. The first kappa shape index (κ1) is 29.8. The average molecular weight is 703 g/mol. The van der Waals surface area contributed by atoms with Crippen LogP contribution >= 0.6 is 11.3 Å². The van der Waals surface area contributed by atoms with Crippen LogP contribution in [0.25, 0.3) is 119 Å². The summed E-state index contributed by atoms with van der Waals surface area (Å²) in [6.45, 7) is 0. The van der Waals surface area contributed by atoms with Gasteiger partial charge in [0, 0.05) is 30.9 Å². The first-order valence-electron chi connectivity index (χ1n) is 18.5. The molecule has 250 valence electrons. The molecule has 0 aliphatic heterocycles. The van der Waals surface area contributed by atoms with E-state index in [4.69, 9.17) is 4.42 Å². The Morgan fingerprint density at radius 2 is 0.889 bits per heavy atom. The quantitative estimate of drug-likeness (QED) is 0.167. The maximum atomic E-state index is 6.58. The molecule has 1 nitrogen and oxygen atoms in total. The number of fused-ring (bicyclic) bond motifs is 11. The summed E-state index contributed by atoms with van der Waals surface area (Å²) in [7, 11) is 0. The van der Waals surface area contributed by atoms with Crippen molar-refractivity contribution >= 4 is 96.5 Å². The lowest BCUT2D eigenvalue weighted by Crippen LogP contribution is -1.91. The van der Waals surface area contributed by atoms with Crippen LogP contribution in [-0.2, 0) is 0 Å². The summed E-state index contributed by atoms with van der Waals surface area (Å²) >= 11 is 1.84. The molecule has 10 aromatic carbocycles. The highest BCUT2D eigenvalue weighted by Crippen LogP contribution is 2.46. The van der Waals surface area contributed by atoms with Crippen LogP contribution in [0, 0.1) is 0 Å². The highest BCUT2D eigenvalue weighted by molar-refractivity contribution is 7.26. The number of hydrogen-bond acceptors (Lipinski definition) is 2. The maximum absolute atomic E-state index is 6.58. The first-order valence-corrected chi connectivity index (χ1v) is 19.3. The monoisotopic (exact) mass is 702 g/mol. The van der Waals surface area contributed by atoms with Crippen molar-refractivity contribution in [1.82, 2.24) is 0 Å². The van der Waals surface area contributed by atoms with E-state index in [9.17, 15) is 0 Å². The maximum Gasteiger partial charge on any atom is 0.136 e. The molecule has 0 amide bonds. The molecule has 54 heavy (non-hydrogen) atoms. The normalized spacial score (nSPS) is 12.1. The third kappa shape index (κ3) is 4.32. The average Bonchev–Trinajstić information content (AvgIpc) is 3.78. The van der Waals surface area contributed by atoms with Gasteiger partial charge in [0.2, 0.25) is 0 Å². The van der Waals surface area contributed by atoms with Crippen LogP contribution in [0.5, 0.6) is 0 Å². The van der Waals surface area contributed by atoms with Gasteiger partial charge in [0.15, 0.2) is 0 Å². The number of furan rings is 1. The zero-order chi connectivity index (χ0) is 35.3. The Balaban J connectivity index is 0.985. The van der Waals surface area contributed by atoms with E-state index in [0.717, 1.165) is 27.5 Å². The van der Waals surface area contributed by atoms with Crippen LogP contribution in [0.2, 0.25) is 0 Å². The SMILES string of the molecule is c1ccc2c(-c3c4ccccc4c(-c4ccc(-c5ccc6c(c5)oc5cc7sc8ccc9ccccc9c8c7cc56)cc4)c4ccccc34)cccc2c1. The van der Waals surface area contributed by atoms with Crippen LogP contribution in [0.1, 0.15) is 0 Å². The van der Waals surface area contributed by atoms with Crippen LogP contribution < -0.4 is 0 Å². The molecule has 0 radical (unpaired) electrons. The molecule has 2 aromatic heterocycles. The van der Waals surface area contributed by atoms with Crippen molar-refractivity contribution in [3.63, 3.8) is 0 Å². The fourth-order valence-electron chi connectivity index (χ4n) is 9.00. The van der Waals surface area contributed by atoms with Gasteiger partial charge in [-0.2, -0.15) is 0 Å². The minimum absolute atomic E-state index is 0.916. The van der Waals surface area contributed by atoms with Crippen LogP contribution in [0.3, 0.4) is 0 Å². The van der Waals surface area contributed by atoms with Crippen molar-refractivity contribution in [2.24, 2.45) is 0 Å². The van der Waals surface area contributed by atoms with Gasteiger partial charge in [0.05, 0.1) is 0 Å². The molecule has 0 bridgehead atoms. The summed E-state index contributed by atoms with van der Waals surface area (Å²) in [6, 6.07) is 66.7. The smallest absolute Gasteiger partial charge is 0.136 e. The molecule has 0 saturated heterocycles. The lowest BCUT2D eigenvalue weighted by Gasteiger charge is -2.19. The summed E-state index contributed by atoms with van der Waals surface area (Å²) in [5.74, 6) is 0. The van der Waals surface area contributed by atoms with Crippen LogP contribution in [-0.4, -0.2) is 0 Å². The second-order valence-electron chi connectivity index (χ2n) is 14.4. The number of thiophene rings is 1. The Hall–Kier alpha value is -6.74. The summed E-state index contributed by atoms with van der Waals surface area (Å²) < 4.78 is 9.15. The number of rotatable bonds is 3. The summed E-state index contributed by atoms with van der Waals surface area (Å²) in [5.41, 5.74) is 9.20. The highest BCUT2D eigenvalue weighted by atomic mass is 32.1. The molecular weight excluding hydrogens is 673 g/mol. The number of benzene rings is 10. The van der Waals surface area contributed by atoms with E-state index < -0.39 is 0 Å². The molecule has 2 heteroatoms. The molecule has 0 aliphatic rings. The second-order valence-corrected chi connectivity index (χ2v) is 15.4. The van der Waals surface area contributed by atoms with Gasteiger partial charge in [-0.3, -0.25) is 0 Å². The molecule has 12 rings (SSSR count). The van der Waals surface area contributed by atoms with Gasteiger partial charge < -0.3 is 4.42 Å². The topological polar surface area (TPSA) is 13.1 Å². The molecule has 0 saturated carbocycles. The van der Waals surface area contributed by atoms with Crippen LogP contribution in [0.4, 0.5) is 0 Å². The molecule has 0 unspecified atom stereocenters. The second kappa shape index (κ2) is 11.4. The molecule has 12 aromatic rings. The molecule has 0 fully saturated rings. The fraction of sp³-hybridized carbons (Fsp3) is 0. The van der Waals surface area contributed by atoms with Gasteiger partial charge in [-0.15, -0.1) is 11.3 Å². The van der Waals surface area contributed by atoms with Gasteiger partial charge in [-0.05, 0) is 107 Å². The third-order valence-electron chi connectivity index (χ3n) is 11.5. The van der Waals surface area contributed by atoms with E-state index in [-0.39, 0.29) is 0 Å². The van der Waals surface area contributed by atoms with E-state index >= 15 is 0 Å². The Morgan fingerprint density at radius 3 is 1.63 bits per heavy atom. The third-order valence-corrected chi connectivity index (χ3v) is 12.6. The zero-order valence-corrected chi connectivity index (χ0v) is 30.0. The largest absolute Gasteiger partial charge is 0.456 e. The van der Waals surface area contributed by atoms with Crippen molar-refractivity contribution in [3.05, 3.63) is 182 Å². The fourth-order valence-corrected chi connectivity index (χ4v) is 10.1. The van der Waals surface area contributed by atoms with Crippen molar-refractivity contribution < 1.29 is 4.42 Å². The van der Waals surface area contributed by atoms with Crippen molar-refractivity contribution in [2.75, 3.05) is 0 Å². The predicted octanol–water partition coefficient (Wildman–Crippen LogP) is 15.6. The first-order chi connectivity index (χ1) is 26.8. The van der Waals surface area contributed by atoms with E-state index in [1.807, 2.05) is 11.3 Å². The van der Waals surface area contributed by atoms with E-state index in [2.05, 4.69) is 182 Å². The summed E-state index contributed by atoms with van der Waals surface area (Å²) in [4.78, 5) is 0. The van der Waals surface area contributed by atoms with E-state index in [0.29, 0.717) is 0 Å². The van der Waals surface area contributed by atoms with Gasteiger partial charge in [-0.1, -0.05) is 152 Å². The van der Waals surface area contributed by atoms with Crippen molar-refractivity contribution in [1.29, 1.82) is 0 Å². The van der Waals surface area contributed by atoms with Gasteiger partial charge in [0.1, 0.15) is 11.2 Å². The lowest BCUT2D eigenvalue weighted by atomic mass is 9.84. The molecule has 0 N–H and O–H groups in total. The summed E-state index contributed by atoms with van der Waals surface area (Å²) in [6.07, 6.45) is 0. The minimum Gasteiger partial charge on any atom is -0.456 e. The standard InChI is InChI=1S/C52H30OS/c1-3-13-36-32(10-1)12-9-19-39(36)51-42-17-7-5-15-40(42)50(41-16-6-8-18-43(41)51)34-22-20-31(21-23-34)35-24-26-38-44-29-45-49(30-47(44)53-46(38)28-35)54-48-27-25-33-11-2-4-14-37(33)52(45)48/h1-30H. The molecule has 0 atom stereocenters. The van der Waals surface area contributed by atoms with Crippen LogP contribution in [0.15, 0.2) is 186 Å². The van der Waals surface area contributed by atoms with Crippen molar-refractivity contribution in [3.8, 4) is 33.4 Å². The van der Waals surface area contributed by atoms with Gasteiger partial charge in [0.25, 0.3) is 0 Å². The molecule has 2 heterocycles. The lowest BCUT2D eigenvalue weighted by molar-refractivity contribution is 0.669. The molecule has 0 spiro atoms. The number of hydrogen-bond donors (Lipinski definition) is 0. The molecule has 0 aliphatic carbocycles. The Morgan fingerprint density at radius 1 is 0.315 bits per heavy atom. The van der Waals surface area contributed by atoms with Crippen molar-refractivity contribution in [2.45, 2.75) is 0 Å². The highest BCUT2D eigenvalue weighted by Gasteiger charge is 2.19. The Bertz CT molecular complexity index is 3430. The minimum atomic E-state index is 0.916. The Labute approximate surface area is 314 Å². The van der Waals surface area contributed by atoms with Gasteiger partial charge >= 0.3 is 0 Å². The Kier molecular flexibility index (Phi) is 6.28. The van der Waals surface area contributed by atoms with Gasteiger partial charge in [-0.25, -0.2) is 0 Å². The zero-order valence-electron chi connectivity index (χ0n) is 29.1. The summed E-state index contributed by atoms with van der Waals surface area (Å²) in [5, 5.41) is 15.1. The molecular formula is C52H30OS. The van der Waals surface area contributed by atoms with E-state index in [1.54, 1.807) is 0 Å². The van der Waals surface area contributed by atoms with E-state index in [1.165, 1.54) is 91.1 Å².